The molecule has 0 spiro atoms. The number of nitrogens with one attached hydrogen (secondary N) is 1. The average Bonchev–Trinajstić information content (AvgIpc) is 3.60. The number of aryl methyl sites for hydroxylation is 1. The third-order valence-electron chi connectivity index (χ3n) is 8.61. The fraction of sp³-hybridized carbons (Fsp3) is 0.297. The number of sulfonamides is 1. The Balaban J connectivity index is 1.59. The van der Waals surface area contributed by atoms with Crippen molar-refractivity contribution in [3.8, 4) is 0 Å². The number of halogens is 2. The number of carbonyl (C=O) groups is 2. The van der Waals surface area contributed by atoms with Gasteiger partial charge in [-0.05, 0) is 80.1 Å². The van der Waals surface area contributed by atoms with Crippen molar-refractivity contribution in [3.05, 3.63) is 124 Å². The van der Waals surface area contributed by atoms with E-state index in [9.17, 15) is 18.0 Å². The van der Waals surface area contributed by atoms with E-state index >= 15 is 0 Å². The molecule has 252 valence electrons. The van der Waals surface area contributed by atoms with Crippen molar-refractivity contribution in [2.75, 3.05) is 17.1 Å². The van der Waals surface area contributed by atoms with Gasteiger partial charge in [0.25, 0.3) is 10.0 Å². The minimum Gasteiger partial charge on any atom is -0.352 e. The minimum atomic E-state index is -4.21. The van der Waals surface area contributed by atoms with E-state index in [1.165, 1.54) is 16.7 Å². The molecule has 1 aliphatic rings. The van der Waals surface area contributed by atoms with Gasteiger partial charge < -0.3 is 10.2 Å². The van der Waals surface area contributed by atoms with Crippen molar-refractivity contribution in [1.29, 1.82) is 0 Å². The maximum atomic E-state index is 14.7. The standard InChI is InChI=1S/C37H39Cl2N3O4S2/c1-26-15-17-29(18-16-26)42(48(45,46)31-21-19-30(47-2)20-22-31)25-36(43)41(24-32-33(38)13-8-14-34(32)39)35(23-27-9-4-3-5-10-27)37(44)40-28-11-6-7-12-28/h3-5,8-10,13-22,28,35H,6-7,11-12,23-25H2,1-2H3,(H,40,44). The molecule has 1 N–H and O–H groups in total. The Morgan fingerprint density at radius 1 is 0.875 bits per heavy atom. The van der Waals surface area contributed by atoms with Gasteiger partial charge in [0.2, 0.25) is 11.8 Å². The third kappa shape index (κ3) is 8.74. The largest absolute Gasteiger partial charge is 0.352 e. The van der Waals surface area contributed by atoms with Crippen molar-refractivity contribution in [2.45, 2.75) is 67.4 Å². The van der Waals surface area contributed by atoms with Crippen LogP contribution in [0.5, 0.6) is 0 Å². The molecule has 0 radical (unpaired) electrons. The van der Waals surface area contributed by atoms with Gasteiger partial charge in [0.05, 0.1) is 10.6 Å². The molecule has 1 unspecified atom stereocenters. The Labute approximate surface area is 297 Å². The number of hydrogen-bond donors (Lipinski definition) is 1. The zero-order valence-corrected chi connectivity index (χ0v) is 30.1. The van der Waals surface area contributed by atoms with Gasteiger partial charge in [0.1, 0.15) is 12.6 Å². The summed E-state index contributed by atoms with van der Waals surface area (Å²) in [5, 5.41) is 3.85. The smallest absolute Gasteiger partial charge is 0.264 e. The summed E-state index contributed by atoms with van der Waals surface area (Å²) in [7, 11) is -4.21. The topological polar surface area (TPSA) is 86.8 Å². The van der Waals surface area contributed by atoms with E-state index < -0.39 is 28.5 Å². The van der Waals surface area contributed by atoms with Crippen molar-refractivity contribution in [1.82, 2.24) is 10.2 Å². The molecule has 0 aromatic heterocycles. The lowest BCUT2D eigenvalue weighted by atomic mass is 10.0. The van der Waals surface area contributed by atoms with Gasteiger partial charge >= 0.3 is 0 Å². The Morgan fingerprint density at radius 3 is 2.10 bits per heavy atom. The Kier molecular flexibility index (Phi) is 12.1. The summed E-state index contributed by atoms with van der Waals surface area (Å²) in [4.78, 5) is 31.3. The normalized spacial score (nSPS) is 14.0. The molecule has 0 aliphatic heterocycles. The predicted molar refractivity (Wildman–Crippen MR) is 195 cm³/mol. The molecule has 1 aliphatic carbocycles. The summed E-state index contributed by atoms with van der Waals surface area (Å²) in [5.74, 6) is -0.877. The number of amides is 2. The first-order valence-corrected chi connectivity index (χ1v) is 19.3. The Morgan fingerprint density at radius 2 is 1.50 bits per heavy atom. The molecule has 4 aromatic carbocycles. The average molecular weight is 725 g/mol. The minimum absolute atomic E-state index is 0.00492. The summed E-state index contributed by atoms with van der Waals surface area (Å²) >= 11 is 14.7. The van der Waals surface area contributed by atoms with Crippen molar-refractivity contribution >= 4 is 62.5 Å². The summed E-state index contributed by atoms with van der Waals surface area (Å²) in [6.07, 6.45) is 5.89. The second-order valence-corrected chi connectivity index (χ2v) is 15.5. The van der Waals surface area contributed by atoms with Crippen molar-refractivity contribution in [3.63, 3.8) is 0 Å². The number of carbonyl (C=O) groups excluding carboxylic acids is 2. The lowest BCUT2D eigenvalue weighted by molar-refractivity contribution is -0.140. The van der Waals surface area contributed by atoms with Crippen LogP contribution in [-0.4, -0.2) is 50.0 Å². The van der Waals surface area contributed by atoms with E-state index in [-0.39, 0.29) is 29.8 Å². The molecule has 11 heteroatoms. The fourth-order valence-corrected chi connectivity index (χ4v) is 8.23. The highest BCUT2D eigenvalue weighted by Gasteiger charge is 2.36. The van der Waals surface area contributed by atoms with Gasteiger partial charge in [-0.25, -0.2) is 8.42 Å². The third-order valence-corrected chi connectivity index (χ3v) is 11.9. The van der Waals surface area contributed by atoms with Crippen LogP contribution in [0.15, 0.2) is 107 Å². The van der Waals surface area contributed by atoms with Crippen molar-refractivity contribution < 1.29 is 18.0 Å². The maximum absolute atomic E-state index is 14.7. The van der Waals surface area contributed by atoms with Crippen LogP contribution in [0.2, 0.25) is 10.0 Å². The van der Waals surface area contributed by atoms with Crippen LogP contribution in [0, 0.1) is 6.92 Å². The first kappa shape index (κ1) is 35.8. The van der Waals surface area contributed by atoms with E-state index in [2.05, 4.69) is 5.32 Å². The van der Waals surface area contributed by atoms with Crippen LogP contribution in [0.1, 0.15) is 42.4 Å². The number of rotatable bonds is 13. The molecule has 0 bridgehead atoms. The monoisotopic (exact) mass is 723 g/mol. The second-order valence-electron chi connectivity index (χ2n) is 11.9. The maximum Gasteiger partial charge on any atom is 0.264 e. The highest BCUT2D eigenvalue weighted by Crippen LogP contribution is 2.30. The van der Waals surface area contributed by atoms with Crippen LogP contribution in [0.25, 0.3) is 0 Å². The highest BCUT2D eigenvalue weighted by atomic mass is 35.5. The molecule has 1 saturated carbocycles. The molecule has 7 nitrogen and oxygen atoms in total. The summed E-state index contributed by atoms with van der Waals surface area (Å²) in [6, 6.07) is 27.1. The second kappa shape index (κ2) is 16.3. The number of thioether (sulfide) groups is 1. The van der Waals surface area contributed by atoms with Crippen LogP contribution in [0.3, 0.4) is 0 Å². The summed E-state index contributed by atoms with van der Waals surface area (Å²) in [5.41, 5.74) is 2.59. The molecule has 2 amide bonds. The van der Waals surface area contributed by atoms with Crippen LogP contribution in [0.4, 0.5) is 5.69 Å². The van der Waals surface area contributed by atoms with Crippen LogP contribution < -0.4 is 9.62 Å². The van der Waals surface area contributed by atoms with E-state index in [0.717, 1.165) is 46.0 Å². The fourth-order valence-electron chi connectivity index (χ4n) is 5.89. The molecule has 5 rings (SSSR count). The number of benzene rings is 4. The van der Waals surface area contributed by atoms with Gasteiger partial charge in [0, 0.05) is 39.5 Å². The van der Waals surface area contributed by atoms with E-state index in [0.29, 0.717) is 21.3 Å². The molecular formula is C37H39Cl2N3O4S2. The predicted octanol–water partition coefficient (Wildman–Crippen LogP) is 7.92. The zero-order valence-electron chi connectivity index (χ0n) is 26.9. The van der Waals surface area contributed by atoms with Crippen LogP contribution in [-0.2, 0) is 32.6 Å². The lowest BCUT2D eigenvalue weighted by Gasteiger charge is -2.34. The van der Waals surface area contributed by atoms with E-state index in [1.807, 2.05) is 43.5 Å². The summed E-state index contributed by atoms with van der Waals surface area (Å²) < 4.78 is 29.7. The molecule has 1 atom stereocenters. The zero-order chi connectivity index (χ0) is 34.3. The molecule has 0 heterocycles. The van der Waals surface area contributed by atoms with Crippen LogP contribution >= 0.6 is 35.0 Å². The number of anilines is 1. The Hall–Kier alpha value is -3.50. The van der Waals surface area contributed by atoms with Gasteiger partial charge in [0.15, 0.2) is 0 Å². The summed E-state index contributed by atoms with van der Waals surface area (Å²) in [6.45, 7) is 1.25. The molecule has 1 fully saturated rings. The van der Waals surface area contributed by atoms with Gasteiger partial charge in [-0.2, -0.15) is 0 Å². The SMILES string of the molecule is CSc1ccc(S(=O)(=O)N(CC(=O)N(Cc2c(Cl)cccc2Cl)C(Cc2ccccc2)C(=O)NC2CCCC2)c2ccc(C)cc2)cc1. The first-order valence-electron chi connectivity index (χ1n) is 15.9. The number of hydrogen-bond acceptors (Lipinski definition) is 5. The first-order chi connectivity index (χ1) is 23.1. The van der Waals surface area contributed by atoms with Gasteiger partial charge in [-0.1, -0.05) is 90.1 Å². The molecule has 4 aromatic rings. The molecule has 48 heavy (non-hydrogen) atoms. The Bertz CT molecular complexity index is 1800. The van der Waals surface area contributed by atoms with E-state index in [1.54, 1.807) is 66.7 Å². The van der Waals surface area contributed by atoms with E-state index in [4.69, 9.17) is 23.2 Å². The van der Waals surface area contributed by atoms with Crippen molar-refractivity contribution in [2.24, 2.45) is 0 Å². The highest BCUT2D eigenvalue weighted by molar-refractivity contribution is 7.98. The lowest BCUT2D eigenvalue weighted by Crippen LogP contribution is -2.54. The quantitative estimate of drug-likeness (QED) is 0.142. The molecular weight excluding hydrogens is 685 g/mol. The number of nitrogens with zero attached hydrogens (tertiary/aromatic N) is 2. The van der Waals surface area contributed by atoms with Gasteiger partial charge in [-0.3, -0.25) is 13.9 Å². The van der Waals surface area contributed by atoms with Gasteiger partial charge in [-0.15, -0.1) is 11.8 Å². The molecule has 0 saturated heterocycles.